The van der Waals surface area contributed by atoms with E-state index in [-0.39, 0.29) is 17.6 Å². The molecule has 0 saturated carbocycles. The molecule has 2 aliphatic heterocycles. The molecule has 5 heteroatoms. The van der Waals surface area contributed by atoms with Crippen LogP contribution in [0, 0.1) is 5.92 Å². The number of aromatic nitrogens is 2. The fourth-order valence-corrected chi connectivity index (χ4v) is 7.31. The van der Waals surface area contributed by atoms with E-state index in [9.17, 15) is 4.79 Å². The number of hydrogen-bond acceptors (Lipinski definition) is 5. The molecule has 222 valence electrons. The van der Waals surface area contributed by atoms with E-state index in [0.29, 0.717) is 23.3 Å². The van der Waals surface area contributed by atoms with Gasteiger partial charge in [-0.1, -0.05) is 84.4 Å². The quantitative estimate of drug-likeness (QED) is 0.0867. The van der Waals surface area contributed by atoms with E-state index >= 15 is 0 Å². The van der Waals surface area contributed by atoms with Crippen LogP contribution in [0.1, 0.15) is 66.6 Å². The van der Waals surface area contributed by atoms with Crippen molar-refractivity contribution in [1.29, 1.82) is 0 Å². The van der Waals surface area contributed by atoms with Crippen molar-refractivity contribution < 1.29 is 14.3 Å². The summed E-state index contributed by atoms with van der Waals surface area (Å²) in [6, 6.07) is 31.7. The molecule has 0 fully saturated rings. The number of para-hydroxylation sites is 1. The van der Waals surface area contributed by atoms with Gasteiger partial charge in [-0.25, -0.2) is 9.97 Å². The first-order valence-corrected chi connectivity index (χ1v) is 15.7. The first kappa shape index (κ1) is 27.5. The molecule has 3 unspecified atom stereocenters. The molecule has 0 saturated heterocycles. The van der Waals surface area contributed by atoms with E-state index in [0.717, 1.165) is 62.8 Å². The Hall–Kier alpha value is -5.03. The van der Waals surface area contributed by atoms with Crippen LogP contribution in [-0.2, 0) is 0 Å². The average molecular weight is 591 g/mol. The van der Waals surface area contributed by atoms with Crippen molar-refractivity contribution in [1.82, 2.24) is 9.97 Å². The number of ketones is 1. The minimum absolute atomic E-state index is 0.0215. The molecule has 3 atom stereocenters. The standard InChI is InChI=1S/C40H34N2O3/c1-24(2)12-11-21-40(3)30-23-44-33-18-10-9-17-29(33)34(30)35-37-36(27-15-7-8-16-28(27)39(35)45-40)42-32-22-26(19-20-31(32)41-37)38(43)25-13-5-4-6-14-25/h4-10,12-20,22,30,34H,11,21,23H2,1-3H3. The zero-order valence-corrected chi connectivity index (χ0v) is 25.7. The van der Waals surface area contributed by atoms with Crippen LogP contribution in [0.2, 0.25) is 0 Å². The molecule has 0 radical (unpaired) electrons. The highest BCUT2D eigenvalue weighted by Gasteiger charge is 2.51. The third-order valence-corrected chi connectivity index (χ3v) is 9.59. The van der Waals surface area contributed by atoms with Crippen molar-refractivity contribution in [3.8, 4) is 11.5 Å². The Labute approximate surface area is 262 Å². The van der Waals surface area contributed by atoms with Gasteiger partial charge in [-0.3, -0.25) is 4.79 Å². The lowest BCUT2D eigenvalue weighted by atomic mass is 9.67. The van der Waals surface area contributed by atoms with Gasteiger partial charge in [-0.2, -0.15) is 0 Å². The lowest BCUT2D eigenvalue weighted by Crippen LogP contribution is -2.51. The first-order valence-electron chi connectivity index (χ1n) is 15.7. The second-order valence-corrected chi connectivity index (χ2v) is 12.8. The number of carbonyl (C=O) groups excluding carboxylic acids is 1. The second-order valence-electron chi connectivity index (χ2n) is 12.8. The third kappa shape index (κ3) is 4.49. The molecule has 0 bridgehead atoms. The van der Waals surface area contributed by atoms with Gasteiger partial charge in [0.05, 0.1) is 28.7 Å². The van der Waals surface area contributed by atoms with Gasteiger partial charge < -0.3 is 9.47 Å². The largest absolute Gasteiger partial charge is 0.493 e. The van der Waals surface area contributed by atoms with Crippen molar-refractivity contribution >= 4 is 38.6 Å². The molecule has 1 aromatic heterocycles. The minimum atomic E-state index is -0.454. The van der Waals surface area contributed by atoms with Crippen LogP contribution in [0.3, 0.4) is 0 Å². The normalized spacial score (nSPS) is 20.1. The van der Waals surface area contributed by atoms with Gasteiger partial charge in [-0.15, -0.1) is 0 Å². The van der Waals surface area contributed by atoms with E-state index in [1.54, 1.807) is 0 Å². The maximum absolute atomic E-state index is 13.3. The van der Waals surface area contributed by atoms with Crippen molar-refractivity contribution in [3.05, 3.63) is 131 Å². The van der Waals surface area contributed by atoms with Crippen LogP contribution in [0.4, 0.5) is 0 Å². The number of allylic oxidation sites excluding steroid dienone is 2. The molecule has 5 nitrogen and oxygen atoms in total. The molecular formula is C40H34N2O3. The molecule has 2 aliphatic rings. The summed E-state index contributed by atoms with van der Waals surface area (Å²) in [5.41, 5.74) is 7.44. The Morgan fingerprint density at radius 2 is 1.58 bits per heavy atom. The van der Waals surface area contributed by atoms with Crippen LogP contribution >= 0.6 is 0 Å². The van der Waals surface area contributed by atoms with Crippen molar-refractivity contribution in [3.63, 3.8) is 0 Å². The maximum atomic E-state index is 13.3. The maximum Gasteiger partial charge on any atom is 0.193 e. The highest BCUT2D eigenvalue weighted by atomic mass is 16.5. The number of hydrogen-bond donors (Lipinski definition) is 0. The fourth-order valence-electron chi connectivity index (χ4n) is 7.31. The van der Waals surface area contributed by atoms with Crippen molar-refractivity contribution in [2.45, 2.75) is 45.1 Å². The lowest BCUT2D eigenvalue weighted by Gasteiger charge is -2.49. The van der Waals surface area contributed by atoms with Crippen LogP contribution in [0.25, 0.3) is 32.8 Å². The highest BCUT2D eigenvalue weighted by Crippen LogP contribution is 2.57. The summed E-state index contributed by atoms with van der Waals surface area (Å²) in [4.78, 5) is 23.9. The molecule has 0 N–H and O–H groups in total. The van der Waals surface area contributed by atoms with Gasteiger partial charge in [0.1, 0.15) is 17.1 Å². The van der Waals surface area contributed by atoms with E-state index in [4.69, 9.17) is 19.4 Å². The van der Waals surface area contributed by atoms with Gasteiger partial charge in [0.15, 0.2) is 5.78 Å². The van der Waals surface area contributed by atoms with Gasteiger partial charge in [0, 0.05) is 44.9 Å². The van der Waals surface area contributed by atoms with Gasteiger partial charge in [-0.05, 0) is 57.9 Å². The third-order valence-electron chi connectivity index (χ3n) is 9.59. The molecule has 0 aliphatic carbocycles. The minimum Gasteiger partial charge on any atom is -0.493 e. The van der Waals surface area contributed by atoms with E-state index in [1.165, 1.54) is 5.57 Å². The van der Waals surface area contributed by atoms with Crippen molar-refractivity contribution in [2.75, 3.05) is 6.61 Å². The summed E-state index contributed by atoms with van der Waals surface area (Å²) in [6.07, 6.45) is 4.10. The predicted octanol–water partition coefficient (Wildman–Crippen LogP) is 9.21. The summed E-state index contributed by atoms with van der Waals surface area (Å²) < 4.78 is 13.6. The molecule has 45 heavy (non-hydrogen) atoms. The number of nitrogens with zero attached hydrogens (tertiary/aromatic N) is 2. The molecule has 6 aromatic rings. The summed E-state index contributed by atoms with van der Waals surface area (Å²) in [5.74, 6) is 1.88. The molecule has 0 spiro atoms. The van der Waals surface area contributed by atoms with Crippen LogP contribution < -0.4 is 9.47 Å². The first-order chi connectivity index (χ1) is 21.9. The molecule has 5 aromatic carbocycles. The van der Waals surface area contributed by atoms with Crippen LogP contribution in [-0.4, -0.2) is 28.0 Å². The molecule has 0 amide bonds. The van der Waals surface area contributed by atoms with Gasteiger partial charge in [0.2, 0.25) is 0 Å². The smallest absolute Gasteiger partial charge is 0.193 e. The lowest BCUT2D eigenvalue weighted by molar-refractivity contribution is -0.0316. The van der Waals surface area contributed by atoms with Crippen LogP contribution in [0.5, 0.6) is 11.5 Å². The van der Waals surface area contributed by atoms with E-state index in [2.05, 4.69) is 63.2 Å². The number of benzene rings is 5. The molecular weight excluding hydrogens is 556 g/mol. The zero-order chi connectivity index (χ0) is 30.7. The Morgan fingerprint density at radius 1 is 0.844 bits per heavy atom. The van der Waals surface area contributed by atoms with Gasteiger partial charge >= 0.3 is 0 Å². The number of fused-ring (bicyclic) bond motifs is 11. The monoisotopic (exact) mass is 590 g/mol. The van der Waals surface area contributed by atoms with E-state index in [1.807, 2.05) is 60.7 Å². The summed E-state index contributed by atoms with van der Waals surface area (Å²) in [6.45, 7) is 7.10. The van der Waals surface area contributed by atoms with Crippen molar-refractivity contribution in [2.24, 2.45) is 5.92 Å². The zero-order valence-electron chi connectivity index (χ0n) is 25.7. The fraction of sp³-hybridized carbons (Fsp3) is 0.225. The average Bonchev–Trinajstić information content (AvgIpc) is 3.07. The number of rotatable bonds is 5. The Kier molecular flexibility index (Phi) is 6.45. The second kappa shape index (κ2) is 10.6. The highest BCUT2D eigenvalue weighted by molar-refractivity contribution is 6.13. The topological polar surface area (TPSA) is 61.3 Å². The Balaban J connectivity index is 1.39. The Bertz CT molecular complexity index is 2170. The predicted molar refractivity (Wildman–Crippen MR) is 179 cm³/mol. The summed E-state index contributed by atoms with van der Waals surface area (Å²) in [5, 5.41) is 2.02. The number of ether oxygens (including phenoxy) is 2. The van der Waals surface area contributed by atoms with E-state index < -0.39 is 5.60 Å². The molecule has 3 heterocycles. The summed E-state index contributed by atoms with van der Waals surface area (Å²) in [7, 11) is 0. The van der Waals surface area contributed by atoms with Gasteiger partial charge in [0.25, 0.3) is 0 Å². The Morgan fingerprint density at radius 3 is 2.40 bits per heavy atom. The summed E-state index contributed by atoms with van der Waals surface area (Å²) >= 11 is 0. The molecule has 8 rings (SSSR count). The SMILES string of the molecule is CC(C)=CCCC1(C)Oc2c(c3nc4ccc(C(=O)c5ccccc5)cc4nc3c3ccccc23)C2c3ccccc3OCC21. The number of carbonyl (C=O) groups is 1. The van der Waals surface area contributed by atoms with Crippen LogP contribution in [0.15, 0.2) is 109 Å².